The summed E-state index contributed by atoms with van der Waals surface area (Å²) in [6.07, 6.45) is 3.39. The topological polar surface area (TPSA) is 87.9 Å². The van der Waals surface area contributed by atoms with Crippen LogP contribution >= 0.6 is 0 Å². The molecule has 0 atom stereocenters. The minimum absolute atomic E-state index is 0.00977. The molecule has 0 bridgehead atoms. The number of benzene rings is 1. The fourth-order valence-electron chi connectivity index (χ4n) is 3.17. The summed E-state index contributed by atoms with van der Waals surface area (Å²) in [6.45, 7) is 1.14. The number of carbonyl (C=O) groups is 1. The van der Waals surface area contributed by atoms with E-state index in [0.717, 1.165) is 16.5 Å². The monoisotopic (exact) mass is 345 g/mol. The maximum absolute atomic E-state index is 12.6. The van der Waals surface area contributed by atoms with Crippen molar-refractivity contribution >= 4 is 16.8 Å². The van der Waals surface area contributed by atoms with Crippen molar-refractivity contribution < 1.29 is 9.32 Å². The van der Waals surface area contributed by atoms with Gasteiger partial charge < -0.3 is 14.4 Å². The summed E-state index contributed by atoms with van der Waals surface area (Å²) in [4.78, 5) is 26.1. The summed E-state index contributed by atoms with van der Waals surface area (Å²) in [6, 6.07) is 13.5. The SMILES string of the molecule is O=C(c1cc2ccccc2[nH]1)N1CC(c2nc(-c3cccnc3)no2)C1. The van der Waals surface area contributed by atoms with Crippen LogP contribution in [0.5, 0.6) is 0 Å². The maximum atomic E-state index is 12.6. The van der Waals surface area contributed by atoms with Crippen LogP contribution in [0.4, 0.5) is 0 Å². The standard InChI is InChI=1S/C19H15N5O2/c25-19(16-8-12-4-1-2-6-15(12)21-16)24-10-14(11-24)18-22-17(23-26-18)13-5-3-7-20-9-13/h1-9,14,21H,10-11H2. The molecule has 0 radical (unpaired) electrons. The lowest BCUT2D eigenvalue weighted by Gasteiger charge is -2.36. The molecule has 7 heteroatoms. The van der Waals surface area contributed by atoms with Crippen molar-refractivity contribution in [2.45, 2.75) is 5.92 Å². The Kier molecular flexibility index (Phi) is 3.31. The van der Waals surface area contributed by atoms with Gasteiger partial charge in [-0.1, -0.05) is 23.4 Å². The molecule has 1 amide bonds. The molecule has 0 unspecified atom stereocenters. The predicted molar refractivity (Wildman–Crippen MR) is 94.5 cm³/mol. The average Bonchev–Trinajstić information content (AvgIpc) is 3.28. The first-order valence-corrected chi connectivity index (χ1v) is 8.39. The second kappa shape index (κ2) is 5.80. The maximum Gasteiger partial charge on any atom is 0.270 e. The Morgan fingerprint density at radius 1 is 1.19 bits per heavy atom. The molecule has 1 fully saturated rings. The molecule has 4 heterocycles. The summed E-state index contributed by atoms with van der Waals surface area (Å²) in [5.41, 5.74) is 2.38. The molecule has 1 saturated heterocycles. The molecule has 0 spiro atoms. The van der Waals surface area contributed by atoms with Crippen molar-refractivity contribution in [1.82, 2.24) is 25.0 Å². The van der Waals surface area contributed by atoms with Crippen molar-refractivity contribution in [2.75, 3.05) is 13.1 Å². The van der Waals surface area contributed by atoms with Crippen LogP contribution in [-0.2, 0) is 0 Å². The van der Waals surface area contributed by atoms with Gasteiger partial charge in [0.2, 0.25) is 11.7 Å². The van der Waals surface area contributed by atoms with Gasteiger partial charge in [0.05, 0.1) is 5.92 Å². The van der Waals surface area contributed by atoms with Crippen molar-refractivity contribution in [2.24, 2.45) is 0 Å². The van der Waals surface area contributed by atoms with Gasteiger partial charge in [-0.05, 0) is 24.3 Å². The van der Waals surface area contributed by atoms with Crippen LogP contribution in [0.15, 0.2) is 59.4 Å². The van der Waals surface area contributed by atoms with Gasteiger partial charge in [0.15, 0.2) is 0 Å². The van der Waals surface area contributed by atoms with Gasteiger partial charge in [0, 0.05) is 41.9 Å². The summed E-state index contributed by atoms with van der Waals surface area (Å²) in [7, 11) is 0. The van der Waals surface area contributed by atoms with Crippen LogP contribution in [0.3, 0.4) is 0 Å². The van der Waals surface area contributed by atoms with Crippen LogP contribution in [0.2, 0.25) is 0 Å². The Labute approximate surface area is 148 Å². The molecule has 0 saturated carbocycles. The lowest BCUT2D eigenvalue weighted by atomic mass is 9.99. The number of nitrogens with zero attached hydrogens (tertiary/aromatic N) is 4. The Bertz CT molecular complexity index is 1050. The van der Waals surface area contributed by atoms with E-state index >= 15 is 0 Å². The van der Waals surface area contributed by atoms with Crippen LogP contribution in [-0.4, -0.2) is 44.0 Å². The number of pyridine rings is 1. The van der Waals surface area contributed by atoms with E-state index in [2.05, 4.69) is 20.1 Å². The number of fused-ring (bicyclic) bond motifs is 1. The zero-order chi connectivity index (χ0) is 17.5. The summed E-state index contributed by atoms with van der Waals surface area (Å²) < 4.78 is 5.37. The molecule has 128 valence electrons. The molecule has 3 aromatic heterocycles. The van der Waals surface area contributed by atoms with E-state index in [1.807, 2.05) is 42.5 Å². The lowest BCUT2D eigenvalue weighted by Crippen LogP contribution is -2.48. The van der Waals surface area contributed by atoms with Gasteiger partial charge >= 0.3 is 0 Å². The fourth-order valence-corrected chi connectivity index (χ4v) is 3.17. The molecular weight excluding hydrogens is 330 g/mol. The van der Waals surface area contributed by atoms with Gasteiger partial charge in [-0.25, -0.2) is 0 Å². The number of amides is 1. The second-order valence-electron chi connectivity index (χ2n) is 6.38. The second-order valence-corrected chi connectivity index (χ2v) is 6.38. The average molecular weight is 345 g/mol. The van der Waals surface area contributed by atoms with E-state index in [-0.39, 0.29) is 11.8 Å². The Balaban J connectivity index is 1.28. The van der Waals surface area contributed by atoms with Crippen LogP contribution in [0.25, 0.3) is 22.3 Å². The highest BCUT2D eigenvalue weighted by Crippen LogP contribution is 2.29. The van der Waals surface area contributed by atoms with Crippen LogP contribution in [0, 0.1) is 0 Å². The number of rotatable bonds is 3. The quantitative estimate of drug-likeness (QED) is 0.617. The first-order valence-electron chi connectivity index (χ1n) is 8.39. The molecule has 1 aromatic carbocycles. The molecule has 7 nitrogen and oxygen atoms in total. The predicted octanol–water partition coefficient (Wildman–Crippen LogP) is 2.85. The van der Waals surface area contributed by atoms with E-state index in [1.165, 1.54) is 0 Å². The third-order valence-corrected chi connectivity index (χ3v) is 4.64. The normalized spacial score (nSPS) is 14.5. The molecular formula is C19H15N5O2. The van der Waals surface area contributed by atoms with Crippen molar-refractivity contribution in [1.29, 1.82) is 0 Å². The third kappa shape index (κ3) is 2.45. The van der Waals surface area contributed by atoms with Crippen molar-refractivity contribution in [3.63, 3.8) is 0 Å². The first kappa shape index (κ1) is 14.8. The van der Waals surface area contributed by atoms with E-state index in [1.54, 1.807) is 17.3 Å². The van der Waals surface area contributed by atoms with Gasteiger partial charge in [0.25, 0.3) is 5.91 Å². The Morgan fingerprint density at radius 3 is 2.88 bits per heavy atom. The molecule has 1 aliphatic rings. The zero-order valence-corrected chi connectivity index (χ0v) is 13.8. The number of nitrogens with one attached hydrogen (secondary N) is 1. The van der Waals surface area contributed by atoms with Crippen molar-refractivity contribution in [3.05, 3.63) is 66.4 Å². The number of hydrogen-bond acceptors (Lipinski definition) is 5. The number of aromatic amines is 1. The van der Waals surface area contributed by atoms with E-state index in [4.69, 9.17) is 4.52 Å². The largest absolute Gasteiger partial charge is 0.351 e. The van der Waals surface area contributed by atoms with E-state index in [9.17, 15) is 4.79 Å². The molecule has 0 aliphatic carbocycles. The zero-order valence-electron chi connectivity index (χ0n) is 13.8. The van der Waals surface area contributed by atoms with Gasteiger partial charge in [-0.2, -0.15) is 4.98 Å². The number of hydrogen-bond donors (Lipinski definition) is 1. The Hall–Kier alpha value is -3.48. The molecule has 5 rings (SSSR count). The molecule has 1 aliphatic heterocycles. The van der Waals surface area contributed by atoms with E-state index < -0.39 is 0 Å². The molecule has 4 aromatic rings. The third-order valence-electron chi connectivity index (χ3n) is 4.64. The minimum Gasteiger partial charge on any atom is -0.351 e. The molecule has 1 N–H and O–H groups in total. The number of H-pyrrole nitrogens is 1. The number of likely N-dealkylation sites (tertiary alicyclic amines) is 1. The number of aromatic nitrogens is 4. The Morgan fingerprint density at radius 2 is 2.08 bits per heavy atom. The van der Waals surface area contributed by atoms with Crippen LogP contribution in [0.1, 0.15) is 22.3 Å². The highest BCUT2D eigenvalue weighted by Gasteiger charge is 2.36. The van der Waals surface area contributed by atoms with Gasteiger partial charge in [-0.15, -0.1) is 0 Å². The highest BCUT2D eigenvalue weighted by molar-refractivity contribution is 5.98. The van der Waals surface area contributed by atoms with Crippen LogP contribution < -0.4 is 0 Å². The van der Waals surface area contributed by atoms with E-state index in [0.29, 0.717) is 30.5 Å². The first-order chi connectivity index (χ1) is 12.8. The summed E-state index contributed by atoms with van der Waals surface area (Å²) in [5.74, 6) is 1.14. The highest BCUT2D eigenvalue weighted by atomic mass is 16.5. The minimum atomic E-state index is -0.00977. The van der Waals surface area contributed by atoms with Crippen molar-refractivity contribution in [3.8, 4) is 11.4 Å². The smallest absolute Gasteiger partial charge is 0.270 e. The van der Waals surface area contributed by atoms with Gasteiger partial charge in [-0.3, -0.25) is 9.78 Å². The summed E-state index contributed by atoms with van der Waals surface area (Å²) in [5, 5.41) is 5.04. The lowest BCUT2D eigenvalue weighted by molar-refractivity contribution is 0.0564. The molecule has 26 heavy (non-hydrogen) atoms. The summed E-state index contributed by atoms with van der Waals surface area (Å²) >= 11 is 0. The number of para-hydroxylation sites is 1. The van der Waals surface area contributed by atoms with Gasteiger partial charge in [0.1, 0.15) is 5.69 Å². The fraction of sp³-hybridized carbons (Fsp3) is 0.158. The number of carbonyl (C=O) groups excluding carboxylic acids is 1.